The molecule has 116 valence electrons. The van der Waals surface area contributed by atoms with E-state index in [2.05, 4.69) is 4.72 Å². The number of aryl methyl sites for hydroxylation is 1. The number of hydrogen-bond donors (Lipinski definition) is 2. The van der Waals surface area contributed by atoms with Crippen LogP contribution in [0.15, 0.2) is 24.3 Å². The maximum atomic E-state index is 12.2. The smallest absolute Gasteiger partial charge is 0.306 e. The summed E-state index contributed by atoms with van der Waals surface area (Å²) in [7, 11) is -3.55. The van der Waals surface area contributed by atoms with E-state index in [4.69, 9.17) is 5.11 Å². The first-order chi connectivity index (χ1) is 9.88. The molecule has 1 aliphatic heterocycles. The zero-order valence-corrected chi connectivity index (χ0v) is 12.8. The van der Waals surface area contributed by atoms with Crippen molar-refractivity contribution >= 4 is 16.2 Å². The normalized spacial score (nSPS) is 17.8. The van der Waals surface area contributed by atoms with Crippen LogP contribution in [0.3, 0.4) is 0 Å². The molecule has 0 amide bonds. The number of piperidine rings is 1. The summed E-state index contributed by atoms with van der Waals surface area (Å²) < 4.78 is 28.2. The maximum absolute atomic E-state index is 12.2. The Morgan fingerprint density at radius 2 is 1.86 bits per heavy atom. The highest BCUT2D eigenvalue weighted by atomic mass is 32.2. The van der Waals surface area contributed by atoms with E-state index in [9.17, 15) is 13.2 Å². The summed E-state index contributed by atoms with van der Waals surface area (Å²) in [6, 6.07) is 7.63. The van der Waals surface area contributed by atoms with E-state index >= 15 is 0 Å². The van der Waals surface area contributed by atoms with Gasteiger partial charge in [0.05, 0.1) is 5.92 Å². The highest BCUT2D eigenvalue weighted by Gasteiger charge is 2.30. The van der Waals surface area contributed by atoms with Gasteiger partial charge in [-0.3, -0.25) is 4.79 Å². The van der Waals surface area contributed by atoms with E-state index in [1.165, 1.54) is 4.31 Å². The first-order valence-electron chi connectivity index (χ1n) is 6.91. The first kappa shape index (κ1) is 15.9. The van der Waals surface area contributed by atoms with E-state index in [1.807, 2.05) is 31.2 Å². The van der Waals surface area contributed by atoms with Gasteiger partial charge in [0.2, 0.25) is 0 Å². The highest BCUT2D eigenvalue weighted by Crippen LogP contribution is 2.19. The fourth-order valence-corrected chi connectivity index (χ4v) is 3.54. The van der Waals surface area contributed by atoms with Gasteiger partial charge in [-0.2, -0.15) is 17.4 Å². The molecular weight excluding hydrogens is 292 g/mol. The molecule has 0 bridgehead atoms. The standard InChI is InChI=1S/C14H20N2O4S/c1-11-2-4-12(5-3-11)10-15-21(19,20)16-8-6-13(7-9-16)14(17)18/h2-5,13,15H,6-10H2,1H3,(H,17,18). The number of aliphatic carboxylic acids is 1. The van der Waals surface area contributed by atoms with Gasteiger partial charge >= 0.3 is 5.97 Å². The third-order valence-corrected chi connectivity index (χ3v) is 5.28. The molecule has 1 fully saturated rings. The van der Waals surface area contributed by atoms with Gasteiger partial charge in [0, 0.05) is 19.6 Å². The van der Waals surface area contributed by atoms with Crippen molar-refractivity contribution in [1.29, 1.82) is 0 Å². The van der Waals surface area contributed by atoms with Crippen molar-refractivity contribution in [2.75, 3.05) is 13.1 Å². The number of hydrogen-bond acceptors (Lipinski definition) is 3. The largest absolute Gasteiger partial charge is 0.481 e. The predicted octanol–water partition coefficient (Wildman–Crippen LogP) is 1.13. The quantitative estimate of drug-likeness (QED) is 0.853. The van der Waals surface area contributed by atoms with Gasteiger partial charge in [-0.1, -0.05) is 29.8 Å². The summed E-state index contributed by atoms with van der Waals surface area (Å²) in [5.74, 6) is -1.28. The number of carboxylic acids is 1. The lowest BCUT2D eigenvalue weighted by atomic mass is 9.99. The molecular formula is C14H20N2O4S. The molecule has 0 spiro atoms. The minimum Gasteiger partial charge on any atom is -0.481 e. The second kappa shape index (κ2) is 6.55. The van der Waals surface area contributed by atoms with E-state index in [-0.39, 0.29) is 19.6 Å². The summed E-state index contributed by atoms with van der Waals surface area (Å²) in [5, 5.41) is 8.92. The Balaban J connectivity index is 1.90. The van der Waals surface area contributed by atoms with Crippen LogP contribution in [0.5, 0.6) is 0 Å². The third kappa shape index (κ3) is 4.26. The van der Waals surface area contributed by atoms with Crippen LogP contribution in [-0.2, 0) is 21.5 Å². The second-order valence-electron chi connectivity index (χ2n) is 5.32. The number of benzene rings is 1. The molecule has 1 aromatic carbocycles. The minimum atomic E-state index is -3.55. The Bertz CT molecular complexity index is 590. The molecule has 0 unspecified atom stereocenters. The van der Waals surface area contributed by atoms with Crippen molar-refractivity contribution in [2.45, 2.75) is 26.3 Å². The lowest BCUT2D eigenvalue weighted by Gasteiger charge is -2.29. The topological polar surface area (TPSA) is 86.7 Å². The molecule has 6 nitrogen and oxygen atoms in total. The highest BCUT2D eigenvalue weighted by molar-refractivity contribution is 7.87. The fraction of sp³-hybridized carbons (Fsp3) is 0.500. The molecule has 0 aromatic heterocycles. The van der Waals surface area contributed by atoms with Crippen LogP contribution in [0.2, 0.25) is 0 Å². The maximum Gasteiger partial charge on any atom is 0.306 e. The molecule has 0 saturated carbocycles. The molecule has 1 heterocycles. The minimum absolute atomic E-state index is 0.238. The zero-order valence-electron chi connectivity index (χ0n) is 11.9. The molecule has 0 aliphatic carbocycles. The monoisotopic (exact) mass is 312 g/mol. The number of nitrogens with one attached hydrogen (secondary N) is 1. The Morgan fingerprint density at radius 1 is 1.29 bits per heavy atom. The average molecular weight is 312 g/mol. The fourth-order valence-electron chi connectivity index (χ4n) is 2.31. The number of carbonyl (C=O) groups is 1. The number of rotatable bonds is 5. The van der Waals surface area contributed by atoms with Crippen molar-refractivity contribution in [3.63, 3.8) is 0 Å². The summed E-state index contributed by atoms with van der Waals surface area (Å²) in [6.07, 6.45) is 0.724. The van der Waals surface area contributed by atoms with Crippen LogP contribution in [0, 0.1) is 12.8 Å². The lowest BCUT2D eigenvalue weighted by molar-refractivity contribution is -0.142. The molecule has 1 aromatic rings. The van der Waals surface area contributed by atoms with Gasteiger partial charge in [0.15, 0.2) is 0 Å². The van der Waals surface area contributed by atoms with Crippen LogP contribution in [0.4, 0.5) is 0 Å². The molecule has 0 radical (unpaired) electrons. The van der Waals surface area contributed by atoms with Crippen molar-refractivity contribution in [3.8, 4) is 0 Å². The summed E-state index contributed by atoms with van der Waals surface area (Å²) >= 11 is 0. The Morgan fingerprint density at radius 3 is 2.38 bits per heavy atom. The van der Waals surface area contributed by atoms with Crippen LogP contribution >= 0.6 is 0 Å². The van der Waals surface area contributed by atoms with Crippen molar-refractivity contribution in [1.82, 2.24) is 9.03 Å². The SMILES string of the molecule is Cc1ccc(CNS(=O)(=O)N2CCC(C(=O)O)CC2)cc1. The van der Waals surface area contributed by atoms with Crippen LogP contribution in [-0.4, -0.2) is 36.9 Å². The molecule has 7 heteroatoms. The van der Waals surface area contributed by atoms with Gasteiger partial charge in [-0.25, -0.2) is 0 Å². The van der Waals surface area contributed by atoms with Gasteiger partial charge in [0.25, 0.3) is 10.2 Å². The Kier molecular flexibility index (Phi) is 4.97. The zero-order chi connectivity index (χ0) is 15.5. The molecule has 1 saturated heterocycles. The predicted molar refractivity (Wildman–Crippen MR) is 78.9 cm³/mol. The van der Waals surface area contributed by atoms with E-state index in [0.29, 0.717) is 12.8 Å². The van der Waals surface area contributed by atoms with Gasteiger partial charge in [-0.05, 0) is 25.3 Å². The molecule has 21 heavy (non-hydrogen) atoms. The van der Waals surface area contributed by atoms with Gasteiger partial charge in [0.1, 0.15) is 0 Å². The Hall–Kier alpha value is -1.44. The van der Waals surface area contributed by atoms with E-state index in [0.717, 1.165) is 11.1 Å². The van der Waals surface area contributed by atoms with Gasteiger partial charge in [-0.15, -0.1) is 0 Å². The molecule has 2 N–H and O–H groups in total. The Labute approximate surface area is 125 Å². The molecule has 2 rings (SSSR count). The number of carboxylic acid groups (broad SMARTS) is 1. The second-order valence-corrected chi connectivity index (χ2v) is 7.08. The van der Waals surface area contributed by atoms with Crippen LogP contribution in [0.25, 0.3) is 0 Å². The lowest BCUT2D eigenvalue weighted by Crippen LogP contribution is -2.45. The van der Waals surface area contributed by atoms with Crippen molar-refractivity contribution < 1.29 is 18.3 Å². The van der Waals surface area contributed by atoms with Crippen molar-refractivity contribution in [2.24, 2.45) is 5.92 Å². The summed E-state index contributed by atoms with van der Waals surface area (Å²) in [5.41, 5.74) is 2.02. The average Bonchev–Trinajstić information content (AvgIpc) is 2.47. The van der Waals surface area contributed by atoms with Crippen molar-refractivity contribution in [3.05, 3.63) is 35.4 Å². The van der Waals surface area contributed by atoms with Gasteiger partial charge < -0.3 is 5.11 Å². The van der Waals surface area contributed by atoms with E-state index < -0.39 is 22.1 Å². The third-order valence-electron chi connectivity index (χ3n) is 3.72. The molecule has 0 atom stereocenters. The summed E-state index contributed by atoms with van der Waals surface area (Å²) in [6.45, 7) is 2.71. The summed E-state index contributed by atoms with van der Waals surface area (Å²) in [4.78, 5) is 10.9. The van der Waals surface area contributed by atoms with Crippen LogP contribution in [0.1, 0.15) is 24.0 Å². The van der Waals surface area contributed by atoms with E-state index in [1.54, 1.807) is 0 Å². The molecule has 1 aliphatic rings. The van der Waals surface area contributed by atoms with Crippen LogP contribution < -0.4 is 4.72 Å². The number of nitrogens with zero attached hydrogens (tertiary/aromatic N) is 1. The first-order valence-corrected chi connectivity index (χ1v) is 8.35.